The largest absolute Gasteiger partial charge is 0.492 e. The third-order valence-corrected chi connectivity index (χ3v) is 3.45. The van der Waals surface area contributed by atoms with Crippen LogP contribution in [-0.4, -0.2) is 31.0 Å². The van der Waals surface area contributed by atoms with E-state index >= 15 is 0 Å². The molecule has 0 bridgehead atoms. The van der Waals surface area contributed by atoms with Gasteiger partial charge in [-0.05, 0) is 29.8 Å². The van der Waals surface area contributed by atoms with Gasteiger partial charge in [0.25, 0.3) is 0 Å². The Morgan fingerprint density at radius 1 is 1.23 bits per heavy atom. The lowest BCUT2D eigenvalue weighted by atomic mass is 10.1. The SMILES string of the molecule is CN(CCOc1cccc(Cl)c1)C(=O)Cc1ccccc1F. The maximum absolute atomic E-state index is 13.5. The van der Waals surface area contributed by atoms with Gasteiger partial charge in [0, 0.05) is 12.1 Å². The molecule has 0 saturated carbocycles. The molecule has 0 saturated heterocycles. The van der Waals surface area contributed by atoms with E-state index in [1.54, 1.807) is 49.5 Å². The predicted octanol–water partition coefficient (Wildman–Crippen LogP) is 3.56. The Labute approximate surface area is 134 Å². The van der Waals surface area contributed by atoms with Crippen LogP contribution in [0.3, 0.4) is 0 Å². The number of carbonyl (C=O) groups is 1. The molecule has 0 aromatic heterocycles. The number of amides is 1. The van der Waals surface area contributed by atoms with E-state index in [-0.39, 0.29) is 18.1 Å². The summed E-state index contributed by atoms with van der Waals surface area (Å²) in [4.78, 5) is 13.6. The smallest absolute Gasteiger partial charge is 0.226 e. The van der Waals surface area contributed by atoms with Gasteiger partial charge >= 0.3 is 0 Å². The van der Waals surface area contributed by atoms with Crippen molar-refractivity contribution in [2.24, 2.45) is 0 Å². The Kier molecular flexibility index (Phi) is 5.78. The number of ether oxygens (including phenoxy) is 1. The van der Waals surface area contributed by atoms with Gasteiger partial charge in [-0.15, -0.1) is 0 Å². The number of hydrogen-bond donors (Lipinski definition) is 0. The maximum Gasteiger partial charge on any atom is 0.226 e. The highest BCUT2D eigenvalue weighted by Gasteiger charge is 2.12. The van der Waals surface area contributed by atoms with Gasteiger partial charge in [0.05, 0.1) is 13.0 Å². The second-order valence-electron chi connectivity index (χ2n) is 4.89. The van der Waals surface area contributed by atoms with Crippen LogP contribution in [0.5, 0.6) is 5.75 Å². The molecule has 3 nitrogen and oxygen atoms in total. The molecule has 1 amide bonds. The monoisotopic (exact) mass is 321 g/mol. The molecule has 0 unspecified atom stereocenters. The second kappa shape index (κ2) is 7.80. The number of likely N-dealkylation sites (N-methyl/N-ethyl adjacent to an activating group) is 1. The zero-order chi connectivity index (χ0) is 15.9. The molecule has 0 aliphatic heterocycles. The van der Waals surface area contributed by atoms with Gasteiger partial charge < -0.3 is 9.64 Å². The van der Waals surface area contributed by atoms with E-state index < -0.39 is 0 Å². The molecule has 0 aliphatic rings. The van der Waals surface area contributed by atoms with Crippen LogP contribution in [0.1, 0.15) is 5.56 Å². The molecular weight excluding hydrogens is 305 g/mol. The molecule has 2 aromatic carbocycles. The summed E-state index contributed by atoms with van der Waals surface area (Å²) in [7, 11) is 1.67. The summed E-state index contributed by atoms with van der Waals surface area (Å²) in [6.07, 6.45) is 0.0420. The minimum Gasteiger partial charge on any atom is -0.492 e. The Morgan fingerprint density at radius 2 is 2.00 bits per heavy atom. The highest BCUT2D eigenvalue weighted by Crippen LogP contribution is 2.17. The van der Waals surface area contributed by atoms with Gasteiger partial charge in [-0.25, -0.2) is 4.39 Å². The summed E-state index contributed by atoms with van der Waals surface area (Å²) in [6, 6.07) is 13.4. The molecule has 0 N–H and O–H groups in total. The Bertz CT molecular complexity index is 648. The topological polar surface area (TPSA) is 29.5 Å². The lowest BCUT2D eigenvalue weighted by molar-refractivity contribution is -0.129. The number of nitrogens with zero attached hydrogens (tertiary/aromatic N) is 1. The van der Waals surface area contributed by atoms with Crippen LogP contribution in [0.2, 0.25) is 5.02 Å². The number of rotatable bonds is 6. The van der Waals surface area contributed by atoms with Gasteiger partial charge in [-0.3, -0.25) is 4.79 Å². The molecule has 5 heteroatoms. The van der Waals surface area contributed by atoms with Crippen molar-refractivity contribution >= 4 is 17.5 Å². The molecule has 0 aliphatic carbocycles. The van der Waals surface area contributed by atoms with Crippen molar-refractivity contribution in [2.45, 2.75) is 6.42 Å². The maximum atomic E-state index is 13.5. The standard InChI is InChI=1S/C17H17ClFNO2/c1-20(9-10-22-15-7-4-6-14(18)12-15)17(21)11-13-5-2-3-8-16(13)19/h2-8,12H,9-11H2,1H3. The molecule has 0 fully saturated rings. The van der Waals surface area contributed by atoms with Crippen LogP contribution in [-0.2, 0) is 11.2 Å². The van der Waals surface area contributed by atoms with Crippen LogP contribution in [0.15, 0.2) is 48.5 Å². The molecule has 0 atom stereocenters. The molecule has 0 radical (unpaired) electrons. The number of benzene rings is 2. The van der Waals surface area contributed by atoms with Crippen molar-refractivity contribution in [1.82, 2.24) is 4.90 Å². The fraction of sp³-hybridized carbons (Fsp3) is 0.235. The third-order valence-electron chi connectivity index (χ3n) is 3.22. The van der Waals surface area contributed by atoms with Gasteiger partial charge in [0.15, 0.2) is 0 Å². The van der Waals surface area contributed by atoms with E-state index in [9.17, 15) is 9.18 Å². The van der Waals surface area contributed by atoms with E-state index in [1.807, 2.05) is 0 Å². The Morgan fingerprint density at radius 3 is 2.73 bits per heavy atom. The third kappa shape index (κ3) is 4.74. The summed E-state index contributed by atoms with van der Waals surface area (Å²) in [5, 5.41) is 0.599. The number of carbonyl (C=O) groups excluding carboxylic acids is 1. The number of hydrogen-bond acceptors (Lipinski definition) is 2. The molecule has 22 heavy (non-hydrogen) atoms. The minimum atomic E-state index is -0.362. The average Bonchev–Trinajstić information content (AvgIpc) is 2.49. The molecule has 2 rings (SSSR count). The van der Waals surface area contributed by atoms with Crippen molar-refractivity contribution in [2.75, 3.05) is 20.2 Å². The first-order valence-corrected chi connectivity index (χ1v) is 7.30. The lowest BCUT2D eigenvalue weighted by Crippen LogP contribution is -2.32. The fourth-order valence-corrected chi connectivity index (χ4v) is 2.10. The summed E-state index contributed by atoms with van der Waals surface area (Å²) < 4.78 is 19.0. The summed E-state index contributed by atoms with van der Waals surface area (Å²) in [5.74, 6) is 0.140. The zero-order valence-electron chi connectivity index (χ0n) is 12.3. The first-order valence-electron chi connectivity index (χ1n) is 6.92. The molecule has 0 spiro atoms. The van der Waals surface area contributed by atoms with Crippen molar-refractivity contribution in [3.8, 4) is 5.75 Å². The van der Waals surface area contributed by atoms with Crippen molar-refractivity contribution in [1.29, 1.82) is 0 Å². The molecular formula is C17H17ClFNO2. The van der Waals surface area contributed by atoms with E-state index in [1.165, 1.54) is 11.0 Å². The zero-order valence-corrected chi connectivity index (χ0v) is 13.0. The normalized spacial score (nSPS) is 10.3. The van der Waals surface area contributed by atoms with Gasteiger partial charge in [-0.2, -0.15) is 0 Å². The van der Waals surface area contributed by atoms with Crippen molar-refractivity contribution in [3.05, 3.63) is 64.9 Å². The van der Waals surface area contributed by atoms with E-state index in [0.717, 1.165) is 0 Å². The number of halogens is 2. The van der Waals surface area contributed by atoms with Crippen LogP contribution in [0.25, 0.3) is 0 Å². The van der Waals surface area contributed by atoms with E-state index in [4.69, 9.17) is 16.3 Å². The predicted molar refractivity (Wildman–Crippen MR) is 84.7 cm³/mol. The van der Waals surface area contributed by atoms with Crippen LogP contribution in [0.4, 0.5) is 4.39 Å². The van der Waals surface area contributed by atoms with Crippen LogP contribution < -0.4 is 4.74 Å². The first-order chi connectivity index (χ1) is 10.6. The summed E-state index contributed by atoms with van der Waals surface area (Å²) in [5.41, 5.74) is 0.398. The second-order valence-corrected chi connectivity index (χ2v) is 5.33. The Balaban J connectivity index is 1.80. The van der Waals surface area contributed by atoms with Gasteiger partial charge in [0.1, 0.15) is 18.2 Å². The van der Waals surface area contributed by atoms with E-state index in [2.05, 4.69) is 0 Å². The lowest BCUT2D eigenvalue weighted by Gasteiger charge is -2.17. The minimum absolute atomic E-state index is 0.0420. The highest BCUT2D eigenvalue weighted by atomic mass is 35.5. The first kappa shape index (κ1) is 16.3. The van der Waals surface area contributed by atoms with Crippen LogP contribution in [0, 0.1) is 5.82 Å². The van der Waals surface area contributed by atoms with Crippen LogP contribution >= 0.6 is 11.6 Å². The summed E-state index contributed by atoms with van der Waals surface area (Å²) in [6.45, 7) is 0.764. The van der Waals surface area contributed by atoms with Crippen molar-refractivity contribution < 1.29 is 13.9 Å². The van der Waals surface area contributed by atoms with Gasteiger partial charge in [-0.1, -0.05) is 35.9 Å². The van der Waals surface area contributed by atoms with Crippen molar-refractivity contribution in [3.63, 3.8) is 0 Å². The van der Waals surface area contributed by atoms with Gasteiger partial charge in [0.2, 0.25) is 5.91 Å². The van der Waals surface area contributed by atoms with E-state index in [0.29, 0.717) is 29.5 Å². The highest BCUT2D eigenvalue weighted by molar-refractivity contribution is 6.30. The Hall–Kier alpha value is -2.07. The fourth-order valence-electron chi connectivity index (χ4n) is 1.92. The molecule has 0 heterocycles. The summed E-state index contributed by atoms with van der Waals surface area (Å²) >= 11 is 5.86. The average molecular weight is 322 g/mol. The quantitative estimate of drug-likeness (QED) is 0.814. The molecule has 116 valence electrons. The molecule has 2 aromatic rings.